The molecule has 5 nitrogen and oxygen atoms in total. The molecule has 0 heterocycles. The Hall–Kier alpha value is -0.920. The van der Waals surface area contributed by atoms with Crippen molar-refractivity contribution in [2.75, 3.05) is 0 Å². The Kier molecular flexibility index (Phi) is 6.37. The first-order chi connectivity index (χ1) is 9.70. The van der Waals surface area contributed by atoms with Gasteiger partial charge in [0, 0.05) is 16.1 Å². The van der Waals surface area contributed by atoms with Gasteiger partial charge < -0.3 is 5.32 Å². The number of benzene rings is 1. The molecular weight excluding hydrogens is 356 g/mol. The first-order valence-corrected chi connectivity index (χ1v) is 9.18. The fraction of sp³-hybridized carbons (Fsp3) is 0.500. The van der Waals surface area contributed by atoms with Gasteiger partial charge in [0.2, 0.25) is 10.0 Å². The SMILES string of the molecule is CCCC(CC)NC(=O)c1cc(C)c(Br)c(S(N)(=O)=O)c1. The second kappa shape index (κ2) is 7.38. The van der Waals surface area contributed by atoms with Gasteiger partial charge in [-0.2, -0.15) is 0 Å². The summed E-state index contributed by atoms with van der Waals surface area (Å²) in [7, 11) is -3.88. The molecule has 0 aliphatic rings. The molecule has 0 fully saturated rings. The van der Waals surface area contributed by atoms with Crippen LogP contribution in [0, 0.1) is 6.92 Å². The first kappa shape index (κ1) is 18.1. The monoisotopic (exact) mass is 376 g/mol. The fourth-order valence-corrected chi connectivity index (χ4v) is 3.68. The molecule has 1 atom stereocenters. The maximum absolute atomic E-state index is 12.3. The molecule has 118 valence electrons. The van der Waals surface area contributed by atoms with Crippen molar-refractivity contribution in [3.8, 4) is 0 Å². The molecule has 1 unspecified atom stereocenters. The molecule has 0 radical (unpaired) electrons. The summed E-state index contributed by atoms with van der Waals surface area (Å²) in [6.45, 7) is 5.78. The number of hydrogen-bond donors (Lipinski definition) is 2. The van der Waals surface area contributed by atoms with Crippen molar-refractivity contribution < 1.29 is 13.2 Å². The topological polar surface area (TPSA) is 89.3 Å². The van der Waals surface area contributed by atoms with Crippen molar-refractivity contribution in [3.05, 3.63) is 27.7 Å². The number of sulfonamides is 1. The third-order valence-electron chi connectivity index (χ3n) is 3.26. The highest BCUT2D eigenvalue weighted by Crippen LogP contribution is 2.26. The predicted octanol–water partition coefficient (Wildman–Crippen LogP) is 2.71. The molecule has 1 amide bonds. The Morgan fingerprint density at radius 3 is 2.48 bits per heavy atom. The first-order valence-electron chi connectivity index (χ1n) is 6.84. The molecule has 21 heavy (non-hydrogen) atoms. The van der Waals surface area contributed by atoms with Crippen LogP contribution in [0.25, 0.3) is 0 Å². The van der Waals surface area contributed by atoms with E-state index in [9.17, 15) is 13.2 Å². The molecule has 0 aromatic heterocycles. The molecule has 1 aromatic carbocycles. The maximum atomic E-state index is 12.3. The molecule has 1 aromatic rings. The summed E-state index contributed by atoms with van der Waals surface area (Å²) in [5, 5.41) is 8.10. The normalized spacial score (nSPS) is 13.0. The van der Waals surface area contributed by atoms with E-state index in [0.29, 0.717) is 15.6 Å². The van der Waals surface area contributed by atoms with E-state index in [1.54, 1.807) is 13.0 Å². The summed E-state index contributed by atoms with van der Waals surface area (Å²) >= 11 is 3.20. The zero-order valence-corrected chi connectivity index (χ0v) is 14.8. The summed E-state index contributed by atoms with van der Waals surface area (Å²) in [6.07, 6.45) is 2.69. The number of rotatable bonds is 6. The lowest BCUT2D eigenvalue weighted by molar-refractivity contribution is 0.0933. The minimum absolute atomic E-state index is 0.0730. The van der Waals surface area contributed by atoms with Crippen molar-refractivity contribution in [1.82, 2.24) is 5.32 Å². The number of carbonyl (C=O) groups excluding carboxylic acids is 1. The van der Waals surface area contributed by atoms with E-state index in [1.807, 2.05) is 6.92 Å². The van der Waals surface area contributed by atoms with Crippen LogP contribution in [0.2, 0.25) is 0 Å². The van der Waals surface area contributed by atoms with Crippen LogP contribution in [0.3, 0.4) is 0 Å². The van der Waals surface area contributed by atoms with Crippen LogP contribution in [0.4, 0.5) is 0 Å². The van der Waals surface area contributed by atoms with Gasteiger partial charge in [-0.1, -0.05) is 20.3 Å². The molecule has 0 aliphatic heterocycles. The standard InChI is InChI=1S/C14H21BrN2O3S/c1-4-6-11(5-2)17-14(18)10-7-9(3)13(15)12(8-10)21(16,19)20/h7-8,11H,4-6H2,1-3H3,(H,17,18)(H2,16,19,20). The highest BCUT2D eigenvalue weighted by Gasteiger charge is 2.19. The van der Waals surface area contributed by atoms with Crippen LogP contribution in [-0.2, 0) is 10.0 Å². The summed E-state index contributed by atoms with van der Waals surface area (Å²) in [5.41, 5.74) is 0.949. The molecule has 0 spiro atoms. The van der Waals surface area contributed by atoms with E-state index in [4.69, 9.17) is 5.14 Å². The van der Waals surface area contributed by atoms with Crippen LogP contribution in [0.1, 0.15) is 49.0 Å². The van der Waals surface area contributed by atoms with Crippen molar-refractivity contribution >= 4 is 31.9 Å². The Labute approximate surface area is 134 Å². The third kappa shape index (κ3) is 4.79. The van der Waals surface area contributed by atoms with Crippen molar-refractivity contribution in [1.29, 1.82) is 0 Å². The molecule has 0 saturated heterocycles. The van der Waals surface area contributed by atoms with Crippen LogP contribution in [0.5, 0.6) is 0 Å². The number of hydrogen-bond acceptors (Lipinski definition) is 3. The molecule has 7 heteroatoms. The number of nitrogens with one attached hydrogen (secondary N) is 1. The molecule has 0 saturated carbocycles. The summed E-state index contributed by atoms with van der Waals surface area (Å²) in [4.78, 5) is 12.2. The van der Waals surface area contributed by atoms with E-state index in [0.717, 1.165) is 19.3 Å². The third-order valence-corrected chi connectivity index (χ3v) is 5.51. The molecule has 1 rings (SSSR count). The van der Waals surface area contributed by atoms with E-state index in [-0.39, 0.29) is 16.8 Å². The molecule has 0 bridgehead atoms. The average Bonchev–Trinajstić information content (AvgIpc) is 2.39. The van der Waals surface area contributed by atoms with Crippen LogP contribution in [-0.4, -0.2) is 20.4 Å². The fourth-order valence-electron chi connectivity index (χ4n) is 2.07. The number of primary sulfonamides is 1. The Balaban J connectivity index is 3.14. The van der Waals surface area contributed by atoms with Gasteiger partial charge in [0.05, 0.1) is 4.90 Å². The van der Waals surface area contributed by atoms with Crippen LogP contribution >= 0.6 is 15.9 Å². The van der Waals surface area contributed by atoms with Crippen molar-refractivity contribution in [2.24, 2.45) is 5.14 Å². The minimum Gasteiger partial charge on any atom is -0.349 e. The lowest BCUT2D eigenvalue weighted by atomic mass is 10.1. The highest BCUT2D eigenvalue weighted by atomic mass is 79.9. The van der Waals surface area contributed by atoms with E-state index in [1.165, 1.54) is 6.07 Å². The smallest absolute Gasteiger partial charge is 0.251 e. The number of nitrogens with two attached hydrogens (primary N) is 1. The number of amides is 1. The number of halogens is 1. The Morgan fingerprint density at radius 2 is 2.00 bits per heavy atom. The Bertz CT molecular complexity index is 629. The van der Waals surface area contributed by atoms with Crippen LogP contribution < -0.4 is 10.5 Å². The second-order valence-corrected chi connectivity index (χ2v) is 7.34. The van der Waals surface area contributed by atoms with Gasteiger partial charge in [-0.15, -0.1) is 0 Å². The van der Waals surface area contributed by atoms with E-state index < -0.39 is 10.0 Å². The van der Waals surface area contributed by atoms with Gasteiger partial charge in [0.25, 0.3) is 5.91 Å². The van der Waals surface area contributed by atoms with Gasteiger partial charge in [-0.25, -0.2) is 13.6 Å². The molecule has 0 aliphatic carbocycles. The zero-order valence-electron chi connectivity index (χ0n) is 12.4. The minimum atomic E-state index is -3.88. The Morgan fingerprint density at radius 1 is 1.38 bits per heavy atom. The number of aryl methyl sites for hydroxylation is 1. The van der Waals surface area contributed by atoms with Gasteiger partial charge in [0.1, 0.15) is 0 Å². The lowest BCUT2D eigenvalue weighted by Gasteiger charge is -2.17. The van der Waals surface area contributed by atoms with Gasteiger partial charge in [-0.05, 0) is 53.4 Å². The van der Waals surface area contributed by atoms with Gasteiger partial charge >= 0.3 is 0 Å². The lowest BCUT2D eigenvalue weighted by Crippen LogP contribution is -2.34. The predicted molar refractivity (Wildman–Crippen MR) is 86.7 cm³/mol. The average molecular weight is 377 g/mol. The van der Waals surface area contributed by atoms with Crippen molar-refractivity contribution in [2.45, 2.75) is 51.0 Å². The highest BCUT2D eigenvalue weighted by molar-refractivity contribution is 9.10. The maximum Gasteiger partial charge on any atom is 0.251 e. The van der Waals surface area contributed by atoms with Gasteiger partial charge in [0.15, 0.2) is 0 Å². The molecule has 3 N–H and O–H groups in total. The summed E-state index contributed by atoms with van der Waals surface area (Å²) < 4.78 is 23.5. The quantitative estimate of drug-likeness (QED) is 0.799. The second-order valence-electron chi connectivity index (χ2n) is 5.02. The van der Waals surface area contributed by atoms with E-state index >= 15 is 0 Å². The zero-order chi connectivity index (χ0) is 16.2. The molecular formula is C14H21BrN2O3S. The summed E-state index contributed by atoms with van der Waals surface area (Å²) in [5.74, 6) is -0.282. The van der Waals surface area contributed by atoms with Crippen molar-refractivity contribution in [3.63, 3.8) is 0 Å². The number of carbonyl (C=O) groups is 1. The van der Waals surface area contributed by atoms with E-state index in [2.05, 4.69) is 28.2 Å². The largest absolute Gasteiger partial charge is 0.349 e. The summed E-state index contributed by atoms with van der Waals surface area (Å²) in [6, 6.07) is 3.04. The van der Waals surface area contributed by atoms with Gasteiger partial charge in [-0.3, -0.25) is 4.79 Å². The van der Waals surface area contributed by atoms with Crippen LogP contribution in [0.15, 0.2) is 21.5 Å².